The molecule has 0 aliphatic heterocycles. The monoisotopic (exact) mass is 239 g/mol. The summed E-state index contributed by atoms with van der Waals surface area (Å²) in [6.07, 6.45) is -0.568. The normalized spacial score (nSPS) is 12.5. The van der Waals surface area contributed by atoms with Crippen LogP contribution in [0, 0.1) is 13.8 Å². The minimum Gasteiger partial charge on any atom is -0.491 e. The summed E-state index contributed by atoms with van der Waals surface area (Å²) in [7, 11) is 0. The Morgan fingerprint density at radius 1 is 1.35 bits per heavy atom. The van der Waals surface area contributed by atoms with E-state index in [4.69, 9.17) is 9.84 Å². The Labute approximate surface area is 102 Å². The van der Waals surface area contributed by atoms with Crippen molar-refractivity contribution >= 4 is 0 Å². The Bertz CT molecular complexity index is 341. The third-order valence-corrected chi connectivity index (χ3v) is 2.44. The van der Waals surface area contributed by atoms with Crippen LogP contribution < -0.4 is 10.1 Å². The minimum atomic E-state index is -0.568. The van der Waals surface area contributed by atoms with E-state index < -0.39 is 6.10 Å². The van der Waals surface area contributed by atoms with Gasteiger partial charge in [0.1, 0.15) is 18.5 Å². The topological polar surface area (TPSA) is 61.7 Å². The standard InChI is InChI=1S/C13H21NO3/c1-10-3-4-11(2)13(7-10)17-9-12(16)8-14-5-6-15/h3-4,7,12,14-16H,5-6,8-9H2,1-2H3. The average molecular weight is 239 g/mol. The van der Waals surface area contributed by atoms with Gasteiger partial charge in [-0.3, -0.25) is 0 Å². The van der Waals surface area contributed by atoms with Crippen molar-refractivity contribution in [1.82, 2.24) is 5.32 Å². The summed E-state index contributed by atoms with van der Waals surface area (Å²) < 4.78 is 5.56. The lowest BCUT2D eigenvalue weighted by Gasteiger charge is -2.14. The number of hydrogen-bond donors (Lipinski definition) is 3. The van der Waals surface area contributed by atoms with Gasteiger partial charge in [-0.1, -0.05) is 12.1 Å². The summed E-state index contributed by atoms with van der Waals surface area (Å²) in [6.45, 7) is 5.22. The van der Waals surface area contributed by atoms with E-state index in [1.54, 1.807) is 0 Å². The molecule has 0 heterocycles. The summed E-state index contributed by atoms with van der Waals surface area (Å²) in [6, 6.07) is 5.99. The minimum absolute atomic E-state index is 0.0740. The Hall–Kier alpha value is -1.10. The van der Waals surface area contributed by atoms with Crippen LogP contribution in [0.4, 0.5) is 0 Å². The summed E-state index contributed by atoms with van der Waals surface area (Å²) in [5.74, 6) is 0.811. The van der Waals surface area contributed by atoms with Gasteiger partial charge in [-0.25, -0.2) is 0 Å². The molecule has 1 atom stereocenters. The first-order chi connectivity index (χ1) is 8.13. The smallest absolute Gasteiger partial charge is 0.122 e. The first-order valence-corrected chi connectivity index (χ1v) is 5.83. The molecule has 4 heteroatoms. The van der Waals surface area contributed by atoms with E-state index >= 15 is 0 Å². The van der Waals surface area contributed by atoms with Crippen molar-refractivity contribution in [2.24, 2.45) is 0 Å². The zero-order chi connectivity index (χ0) is 12.7. The van der Waals surface area contributed by atoms with Gasteiger partial charge in [0.15, 0.2) is 0 Å². The third kappa shape index (κ3) is 5.17. The van der Waals surface area contributed by atoms with E-state index in [0.717, 1.165) is 16.9 Å². The predicted molar refractivity (Wildman–Crippen MR) is 67.4 cm³/mol. The number of rotatable bonds is 7. The maximum atomic E-state index is 9.63. The molecule has 0 aliphatic rings. The van der Waals surface area contributed by atoms with Gasteiger partial charge in [0.25, 0.3) is 0 Å². The second-order valence-electron chi connectivity index (χ2n) is 4.16. The van der Waals surface area contributed by atoms with Gasteiger partial charge < -0.3 is 20.3 Å². The molecule has 1 rings (SSSR count). The van der Waals surface area contributed by atoms with Crippen LogP contribution in [0.3, 0.4) is 0 Å². The maximum Gasteiger partial charge on any atom is 0.122 e. The molecule has 0 aromatic heterocycles. The second-order valence-corrected chi connectivity index (χ2v) is 4.16. The van der Waals surface area contributed by atoms with E-state index in [9.17, 15) is 5.11 Å². The number of ether oxygens (including phenoxy) is 1. The van der Waals surface area contributed by atoms with Crippen molar-refractivity contribution < 1.29 is 14.9 Å². The predicted octanol–water partition coefficient (Wildman–Crippen LogP) is 0.625. The summed E-state index contributed by atoms with van der Waals surface area (Å²) in [4.78, 5) is 0. The van der Waals surface area contributed by atoms with Crippen LogP contribution in [0.1, 0.15) is 11.1 Å². The molecule has 0 radical (unpaired) electrons. The van der Waals surface area contributed by atoms with Gasteiger partial charge in [0.2, 0.25) is 0 Å². The molecule has 0 saturated heterocycles. The van der Waals surface area contributed by atoms with E-state index in [-0.39, 0.29) is 13.2 Å². The number of nitrogens with one attached hydrogen (secondary N) is 1. The molecule has 4 nitrogen and oxygen atoms in total. The van der Waals surface area contributed by atoms with Gasteiger partial charge in [0, 0.05) is 13.1 Å². The quantitative estimate of drug-likeness (QED) is 0.611. The molecule has 0 bridgehead atoms. The van der Waals surface area contributed by atoms with Crippen LogP contribution >= 0.6 is 0 Å². The van der Waals surface area contributed by atoms with Crippen molar-refractivity contribution in [3.8, 4) is 5.75 Å². The second kappa shape index (κ2) is 7.27. The Morgan fingerprint density at radius 3 is 2.82 bits per heavy atom. The molecule has 1 unspecified atom stereocenters. The number of hydrogen-bond acceptors (Lipinski definition) is 4. The SMILES string of the molecule is Cc1ccc(C)c(OCC(O)CNCCO)c1. The summed E-state index contributed by atoms with van der Waals surface area (Å²) in [5.41, 5.74) is 2.20. The molecule has 0 spiro atoms. The molecule has 0 fully saturated rings. The first-order valence-electron chi connectivity index (χ1n) is 5.83. The van der Waals surface area contributed by atoms with Gasteiger partial charge >= 0.3 is 0 Å². The van der Waals surface area contributed by atoms with Gasteiger partial charge in [-0.05, 0) is 31.0 Å². The first kappa shape index (κ1) is 14.0. The molecular formula is C13H21NO3. The third-order valence-electron chi connectivity index (χ3n) is 2.44. The molecule has 3 N–H and O–H groups in total. The lowest BCUT2D eigenvalue weighted by molar-refractivity contribution is 0.105. The molecule has 1 aromatic carbocycles. The van der Waals surface area contributed by atoms with Crippen molar-refractivity contribution in [3.05, 3.63) is 29.3 Å². The van der Waals surface area contributed by atoms with Gasteiger partial charge in [-0.15, -0.1) is 0 Å². The fraction of sp³-hybridized carbons (Fsp3) is 0.538. The fourth-order valence-corrected chi connectivity index (χ4v) is 1.46. The summed E-state index contributed by atoms with van der Waals surface area (Å²) in [5, 5.41) is 21.1. The van der Waals surface area contributed by atoms with Gasteiger partial charge in [0.05, 0.1) is 6.61 Å². The lowest BCUT2D eigenvalue weighted by atomic mass is 10.1. The van der Waals surface area contributed by atoms with Crippen LogP contribution in [0.15, 0.2) is 18.2 Å². The van der Waals surface area contributed by atoms with E-state index in [1.165, 1.54) is 0 Å². The molecule has 17 heavy (non-hydrogen) atoms. The number of benzene rings is 1. The van der Waals surface area contributed by atoms with Crippen LogP contribution in [0.2, 0.25) is 0 Å². The van der Waals surface area contributed by atoms with Crippen molar-refractivity contribution in [2.45, 2.75) is 20.0 Å². The molecule has 96 valence electrons. The zero-order valence-electron chi connectivity index (χ0n) is 10.4. The van der Waals surface area contributed by atoms with E-state index in [1.807, 2.05) is 32.0 Å². The highest BCUT2D eigenvalue weighted by Gasteiger charge is 2.06. The number of aliphatic hydroxyl groups is 2. The van der Waals surface area contributed by atoms with E-state index in [2.05, 4.69) is 5.32 Å². The maximum absolute atomic E-state index is 9.63. The van der Waals surface area contributed by atoms with Gasteiger partial charge in [-0.2, -0.15) is 0 Å². The Kier molecular flexibility index (Phi) is 5.97. The van der Waals surface area contributed by atoms with Crippen LogP contribution in [-0.4, -0.2) is 42.6 Å². The number of aliphatic hydroxyl groups excluding tert-OH is 2. The highest BCUT2D eigenvalue weighted by Crippen LogP contribution is 2.19. The highest BCUT2D eigenvalue weighted by atomic mass is 16.5. The summed E-state index contributed by atoms with van der Waals surface area (Å²) >= 11 is 0. The van der Waals surface area contributed by atoms with Crippen LogP contribution in [-0.2, 0) is 0 Å². The zero-order valence-corrected chi connectivity index (χ0v) is 10.4. The Balaban J connectivity index is 2.36. The van der Waals surface area contributed by atoms with E-state index in [0.29, 0.717) is 13.1 Å². The molecule has 0 saturated carbocycles. The van der Waals surface area contributed by atoms with Crippen molar-refractivity contribution in [3.63, 3.8) is 0 Å². The average Bonchev–Trinajstić information content (AvgIpc) is 2.31. The lowest BCUT2D eigenvalue weighted by Crippen LogP contribution is -2.33. The largest absolute Gasteiger partial charge is 0.491 e. The van der Waals surface area contributed by atoms with Crippen LogP contribution in [0.5, 0.6) is 5.75 Å². The molecule has 0 aliphatic carbocycles. The van der Waals surface area contributed by atoms with Crippen molar-refractivity contribution in [2.75, 3.05) is 26.3 Å². The Morgan fingerprint density at radius 2 is 2.12 bits per heavy atom. The van der Waals surface area contributed by atoms with Crippen LogP contribution in [0.25, 0.3) is 0 Å². The molecule has 0 amide bonds. The number of aryl methyl sites for hydroxylation is 2. The molecular weight excluding hydrogens is 218 g/mol. The molecule has 1 aromatic rings. The fourth-order valence-electron chi connectivity index (χ4n) is 1.46. The highest BCUT2D eigenvalue weighted by molar-refractivity contribution is 5.35. The van der Waals surface area contributed by atoms with Crippen molar-refractivity contribution in [1.29, 1.82) is 0 Å².